The topological polar surface area (TPSA) is 67.9 Å². The van der Waals surface area contributed by atoms with E-state index in [4.69, 9.17) is 21.7 Å². The van der Waals surface area contributed by atoms with E-state index in [9.17, 15) is 9.59 Å². The number of carbonyl (C=O) groups excluding carboxylic acids is 2. The lowest BCUT2D eigenvalue weighted by molar-refractivity contribution is -0.128. The minimum Gasteiger partial charge on any atom is -0.490 e. The van der Waals surface area contributed by atoms with Gasteiger partial charge in [0.2, 0.25) is 0 Å². The lowest BCUT2D eigenvalue weighted by atomic mass is 10.0. The van der Waals surface area contributed by atoms with Gasteiger partial charge in [0, 0.05) is 12.1 Å². The zero-order chi connectivity index (χ0) is 23.8. The van der Waals surface area contributed by atoms with Crippen molar-refractivity contribution in [3.8, 4) is 11.5 Å². The van der Waals surface area contributed by atoms with Crippen molar-refractivity contribution < 1.29 is 19.1 Å². The number of thiocarbonyl (C=S) groups is 1. The van der Waals surface area contributed by atoms with Crippen molar-refractivity contribution in [2.45, 2.75) is 20.0 Å². The predicted octanol–water partition coefficient (Wildman–Crippen LogP) is 4.21. The highest BCUT2D eigenvalue weighted by atomic mass is 32.1. The number of ether oxygens (including phenoxy) is 2. The molecular weight excluding hydrogens is 436 g/mol. The molecule has 3 rings (SSSR count). The van der Waals surface area contributed by atoms with Crippen LogP contribution in [0.1, 0.15) is 23.6 Å². The molecule has 6 nitrogen and oxygen atoms in total. The molecule has 0 aromatic heterocycles. The minimum absolute atomic E-state index is 0.0181. The van der Waals surface area contributed by atoms with Gasteiger partial charge in [0.05, 0.1) is 6.61 Å². The van der Waals surface area contributed by atoms with E-state index in [0.29, 0.717) is 36.7 Å². The second-order valence-corrected chi connectivity index (χ2v) is 7.62. The fourth-order valence-corrected chi connectivity index (χ4v) is 3.64. The van der Waals surface area contributed by atoms with Crippen LogP contribution < -0.4 is 14.8 Å². The molecule has 33 heavy (non-hydrogen) atoms. The maximum atomic E-state index is 12.9. The molecule has 2 aromatic rings. The van der Waals surface area contributed by atoms with Crippen LogP contribution in [0.3, 0.4) is 0 Å². The molecule has 2 aromatic carbocycles. The quantitative estimate of drug-likeness (QED) is 0.248. The Morgan fingerprint density at radius 3 is 2.52 bits per heavy atom. The molecular formula is C26H26N2O4S. The van der Waals surface area contributed by atoms with Gasteiger partial charge in [-0.1, -0.05) is 42.5 Å². The summed E-state index contributed by atoms with van der Waals surface area (Å²) in [6.45, 7) is 10.4. The monoisotopic (exact) mass is 462 g/mol. The minimum atomic E-state index is -0.544. The van der Waals surface area contributed by atoms with Crippen molar-refractivity contribution in [2.24, 2.45) is 0 Å². The van der Waals surface area contributed by atoms with Crippen LogP contribution in [0.25, 0.3) is 6.08 Å². The number of rotatable bonds is 10. The van der Waals surface area contributed by atoms with Crippen LogP contribution in [0.15, 0.2) is 73.3 Å². The van der Waals surface area contributed by atoms with E-state index >= 15 is 0 Å². The summed E-state index contributed by atoms with van der Waals surface area (Å²) in [6.07, 6.45) is 5.37. The summed E-state index contributed by atoms with van der Waals surface area (Å²) in [7, 11) is 0. The summed E-state index contributed by atoms with van der Waals surface area (Å²) in [5, 5.41) is 2.62. The Labute approximate surface area is 199 Å². The normalized spacial score (nSPS) is 14.8. The number of carbonyl (C=O) groups is 2. The standard InChI is InChI=1S/C26H26N2O4S/c1-4-10-20-14-19(15-21-24(29)27-26(33)28(13-5-2)25(21)30)16-22(31-6-3)23(20)32-17-18-11-8-7-9-12-18/h4-5,7-9,11-12,14-16H,1-2,6,10,13,17H2,3H3,(H,27,29,33). The Bertz CT molecular complexity index is 1110. The average molecular weight is 463 g/mol. The maximum absolute atomic E-state index is 12.9. The molecule has 1 aliphatic heterocycles. The summed E-state index contributed by atoms with van der Waals surface area (Å²) in [5.74, 6) is 0.118. The van der Waals surface area contributed by atoms with Gasteiger partial charge in [-0.25, -0.2) is 0 Å². The highest BCUT2D eigenvalue weighted by Gasteiger charge is 2.32. The van der Waals surface area contributed by atoms with Crippen molar-refractivity contribution >= 4 is 35.2 Å². The Hall–Kier alpha value is -3.71. The smallest absolute Gasteiger partial charge is 0.265 e. The van der Waals surface area contributed by atoms with E-state index in [1.165, 1.54) is 11.0 Å². The Kier molecular flexibility index (Phi) is 8.16. The lowest BCUT2D eigenvalue weighted by Crippen LogP contribution is -2.53. The van der Waals surface area contributed by atoms with Crippen LogP contribution in [0.4, 0.5) is 0 Å². The Morgan fingerprint density at radius 2 is 1.85 bits per heavy atom. The molecule has 0 aliphatic carbocycles. The predicted molar refractivity (Wildman–Crippen MR) is 133 cm³/mol. The first-order valence-corrected chi connectivity index (χ1v) is 11.0. The summed E-state index contributed by atoms with van der Waals surface area (Å²) in [5.41, 5.74) is 2.47. The molecule has 0 saturated carbocycles. The molecule has 1 fully saturated rings. The van der Waals surface area contributed by atoms with E-state index < -0.39 is 11.8 Å². The number of benzene rings is 2. The summed E-state index contributed by atoms with van der Waals surface area (Å²) < 4.78 is 12.0. The van der Waals surface area contributed by atoms with Gasteiger partial charge in [0.15, 0.2) is 16.6 Å². The lowest BCUT2D eigenvalue weighted by Gasteiger charge is -2.27. The second-order valence-electron chi connectivity index (χ2n) is 7.23. The molecule has 1 aliphatic rings. The molecule has 0 unspecified atom stereocenters. The number of hydrogen-bond donors (Lipinski definition) is 1. The third kappa shape index (κ3) is 5.75. The third-order valence-corrected chi connectivity index (χ3v) is 5.18. The largest absolute Gasteiger partial charge is 0.490 e. The molecule has 1 N–H and O–H groups in total. The number of amides is 2. The van der Waals surface area contributed by atoms with Crippen molar-refractivity contribution in [3.05, 3.63) is 90.0 Å². The van der Waals surface area contributed by atoms with E-state index in [1.807, 2.05) is 43.3 Å². The van der Waals surface area contributed by atoms with Gasteiger partial charge in [-0.2, -0.15) is 0 Å². The van der Waals surface area contributed by atoms with Crippen molar-refractivity contribution in [1.82, 2.24) is 10.2 Å². The molecule has 1 heterocycles. The summed E-state index contributed by atoms with van der Waals surface area (Å²) >= 11 is 5.11. The van der Waals surface area contributed by atoms with Gasteiger partial charge < -0.3 is 9.47 Å². The fraction of sp³-hybridized carbons (Fsp3) is 0.192. The van der Waals surface area contributed by atoms with Gasteiger partial charge in [-0.15, -0.1) is 13.2 Å². The van der Waals surface area contributed by atoms with E-state index in [1.54, 1.807) is 18.2 Å². The summed E-state index contributed by atoms with van der Waals surface area (Å²) in [4.78, 5) is 26.7. The maximum Gasteiger partial charge on any atom is 0.265 e. The SMILES string of the molecule is C=CCc1cc(C=C2C(=O)NC(=S)N(CC=C)C2=O)cc(OCC)c1OCc1ccccc1. The van der Waals surface area contributed by atoms with Crippen molar-refractivity contribution in [2.75, 3.05) is 13.2 Å². The van der Waals surface area contributed by atoms with Gasteiger partial charge in [-0.05, 0) is 54.9 Å². The Balaban J connectivity index is 2.00. The van der Waals surface area contributed by atoms with Crippen LogP contribution in [0, 0.1) is 0 Å². The van der Waals surface area contributed by atoms with E-state index in [0.717, 1.165) is 11.1 Å². The van der Waals surface area contributed by atoms with Crippen LogP contribution in [0.2, 0.25) is 0 Å². The molecule has 0 spiro atoms. The number of allylic oxidation sites excluding steroid dienone is 1. The number of nitrogens with one attached hydrogen (secondary N) is 1. The number of nitrogens with zero attached hydrogens (tertiary/aromatic N) is 1. The van der Waals surface area contributed by atoms with E-state index in [-0.39, 0.29) is 17.2 Å². The summed E-state index contributed by atoms with van der Waals surface area (Å²) in [6, 6.07) is 13.5. The van der Waals surface area contributed by atoms with Crippen LogP contribution in [-0.4, -0.2) is 35.0 Å². The highest BCUT2D eigenvalue weighted by molar-refractivity contribution is 7.80. The van der Waals surface area contributed by atoms with Gasteiger partial charge in [-0.3, -0.25) is 19.8 Å². The number of hydrogen-bond acceptors (Lipinski definition) is 5. The van der Waals surface area contributed by atoms with Crippen molar-refractivity contribution in [3.63, 3.8) is 0 Å². The first kappa shape index (κ1) is 23.9. The first-order valence-electron chi connectivity index (χ1n) is 10.6. The third-order valence-electron chi connectivity index (χ3n) is 4.85. The molecule has 2 amide bonds. The molecule has 0 atom stereocenters. The van der Waals surface area contributed by atoms with Crippen LogP contribution >= 0.6 is 12.2 Å². The zero-order valence-electron chi connectivity index (χ0n) is 18.5. The van der Waals surface area contributed by atoms with Gasteiger partial charge in [0.1, 0.15) is 12.2 Å². The van der Waals surface area contributed by atoms with Crippen LogP contribution in [0.5, 0.6) is 11.5 Å². The molecule has 1 saturated heterocycles. The molecule has 0 radical (unpaired) electrons. The highest BCUT2D eigenvalue weighted by Crippen LogP contribution is 2.35. The zero-order valence-corrected chi connectivity index (χ0v) is 19.3. The average Bonchev–Trinajstić information content (AvgIpc) is 2.80. The first-order chi connectivity index (χ1) is 16.0. The van der Waals surface area contributed by atoms with Gasteiger partial charge >= 0.3 is 0 Å². The second kappa shape index (κ2) is 11.2. The van der Waals surface area contributed by atoms with Crippen molar-refractivity contribution in [1.29, 1.82) is 0 Å². The molecule has 170 valence electrons. The molecule has 7 heteroatoms. The fourth-order valence-electron chi connectivity index (χ4n) is 3.39. The van der Waals surface area contributed by atoms with Gasteiger partial charge in [0.25, 0.3) is 11.8 Å². The van der Waals surface area contributed by atoms with Crippen LogP contribution in [-0.2, 0) is 22.6 Å². The Morgan fingerprint density at radius 1 is 1.09 bits per heavy atom. The van der Waals surface area contributed by atoms with E-state index in [2.05, 4.69) is 18.5 Å². The molecule has 0 bridgehead atoms.